The summed E-state index contributed by atoms with van der Waals surface area (Å²) in [5, 5.41) is 0. The monoisotopic (exact) mass is 431 g/mol. The number of hydrogen-bond acceptors (Lipinski definition) is 9. The average molecular weight is 432 g/mol. The van der Waals surface area contributed by atoms with Crippen molar-refractivity contribution in [2.45, 2.75) is 77.5 Å². The Morgan fingerprint density at radius 1 is 1.03 bits per heavy atom. The molecule has 0 spiro atoms. The quantitative estimate of drug-likeness (QED) is 0.296. The lowest BCUT2D eigenvalue weighted by Gasteiger charge is -2.32. The van der Waals surface area contributed by atoms with E-state index >= 15 is 0 Å². The standard InChI is InChI=1S/C21H37NO8/c1-6-27-18(24)21(19(25)28-7-2,29-14-15-9-12-26-13-10-15)11-8-16(22)17(23)30-20(3,4)5/h15-16H,6-14,22H2,1-5H3. The summed E-state index contributed by atoms with van der Waals surface area (Å²) in [6.07, 6.45) is 1.35. The van der Waals surface area contributed by atoms with Crippen LogP contribution in [0.3, 0.4) is 0 Å². The van der Waals surface area contributed by atoms with Crippen LogP contribution in [0.25, 0.3) is 0 Å². The van der Waals surface area contributed by atoms with Crippen molar-refractivity contribution in [2.75, 3.05) is 33.0 Å². The first-order chi connectivity index (χ1) is 14.1. The highest BCUT2D eigenvalue weighted by Gasteiger charge is 2.51. The molecule has 0 aromatic rings. The van der Waals surface area contributed by atoms with E-state index in [4.69, 9.17) is 29.4 Å². The third kappa shape index (κ3) is 8.20. The van der Waals surface area contributed by atoms with Crippen LogP contribution in [0.2, 0.25) is 0 Å². The molecule has 1 aliphatic rings. The van der Waals surface area contributed by atoms with Crippen molar-refractivity contribution in [1.82, 2.24) is 0 Å². The van der Waals surface area contributed by atoms with Gasteiger partial charge in [0, 0.05) is 19.6 Å². The number of esters is 3. The van der Waals surface area contributed by atoms with Gasteiger partial charge in [0.05, 0.1) is 19.8 Å². The predicted molar refractivity (Wildman–Crippen MR) is 109 cm³/mol. The molecule has 9 heteroatoms. The molecule has 0 aliphatic carbocycles. The molecule has 1 unspecified atom stereocenters. The molecule has 0 aromatic carbocycles. The van der Waals surface area contributed by atoms with E-state index < -0.39 is 35.2 Å². The van der Waals surface area contributed by atoms with Gasteiger partial charge in [-0.3, -0.25) is 4.79 Å². The highest BCUT2D eigenvalue weighted by atomic mass is 16.6. The van der Waals surface area contributed by atoms with Crippen molar-refractivity contribution in [1.29, 1.82) is 0 Å². The van der Waals surface area contributed by atoms with Crippen LogP contribution in [0.5, 0.6) is 0 Å². The molecule has 1 heterocycles. The molecule has 0 bridgehead atoms. The van der Waals surface area contributed by atoms with E-state index in [1.807, 2.05) is 0 Å². The Kier molecular flexibility index (Phi) is 10.7. The van der Waals surface area contributed by atoms with Crippen molar-refractivity contribution in [3.8, 4) is 0 Å². The fourth-order valence-corrected chi connectivity index (χ4v) is 3.00. The van der Waals surface area contributed by atoms with E-state index in [2.05, 4.69) is 0 Å². The maximum absolute atomic E-state index is 12.8. The molecular formula is C21H37NO8. The summed E-state index contributed by atoms with van der Waals surface area (Å²) in [5.74, 6) is -2.16. The van der Waals surface area contributed by atoms with Crippen molar-refractivity contribution in [3.63, 3.8) is 0 Å². The maximum Gasteiger partial charge on any atom is 0.350 e. The second kappa shape index (κ2) is 12.2. The first-order valence-electron chi connectivity index (χ1n) is 10.6. The number of rotatable bonds is 11. The van der Waals surface area contributed by atoms with Crippen LogP contribution >= 0.6 is 0 Å². The third-order valence-corrected chi connectivity index (χ3v) is 4.63. The van der Waals surface area contributed by atoms with Crippen molar-refractivity contribution >= 4 is 17.9 Å². The Labute approximate surface area is 178 Å². The summed E-state index contributed by atoms with van der Waals surface area (Å²) in [5.41, 5.74) is 3.28. The molecule has 1 aliphatic heterocycles. The van der Waals surface area contributed by atoms with Gasteiger partial charge < -0.3 is 29.4 Å². The molecule has 1 fully saturated rings. The van der Waals surface area contributed by atoms with Crippen molar-refractivity contribution < 1.29 is 38.1 Å². The molecule has 0 radical (unpaired) electrons. The molecule has 2 N–H and O–H groups in total. The van der Waals surface area contributed by atoms with Crippen molar-refractivity contribution in [2.24, 2.45) is 11.7 Å². The Morgan fingerprint density at radius 3 is 2.03 bits per heavy atom. The lowest BCUT2D eigenvalue weighted by Crippen LogP contribution is -2.53. The molecule has 0 aromatic heterocycles. The van der Waals surface area contributed by atoms with Gasteiger partial charge in [-0.25, -0.2) is 9.59 Å². The average Bonchev–Trinajstić information content (AvgIpc) is 2.67. The van der Waals surface area contributed by atoms with Crippen LogP contribution in [0.4, 0.5) is 0 Å². The molecule has 174 valence electrons. The molecule has 0 amide bonds. The molecular weight excluding hydrogens is 394 g/mol. The molecule has 1 saturated heterocycles. The second-order valence-corrected chi connectivity index (χ2v) is 8.31. The fourth-order valence-electron chi connectivity index (χ4n) is 3.00. The summed E-state index contributed by atoms with van der Waals surface area (Å²) in [4.78, 5) is 37.9. The summed E-state index contributed by atoms with van der Waals surface area (Å²) < 4.78 is 26.8. The van der Waals surface area contributed by atoms with Crippen LogP contribution < -0.4 is 5.73 Å². The molecule has 1 rings (SSSR count). The summed E-state index contributed by atoms with van der Waals surface area (Å²) in [6, 6.07) is -1.03. The Balaban J connectivity index is 3.00. The molecule has 0 saturated carbocycles. The number of carbonyl (C=O) groups excluding carboxylic acids is 3. The van der Waals surface area contributed by atoms with Gasteiger partial charge in [0.15, 0.2) is 0 Å². The van der Waals surface area contributed by atoms with Gasteiger partial charge in [0.2, 0.25) is 0 Å². The van der Waals surface area contributed by atoms with Crippen LogP contribution in [0, 0.1) is 5.92 Å². The number of carbonyl (C=O) groups is 3. The lowest BCUT2D eigenvalue weighted by atomic mass is 9.93. The van der Waals surface area contributed by atoms with Crippen LogP contribution in [-0.2, 0) is 38.1 Å². The number of nitrogens with two attached hydrogens (primary N) is 1. The minimum absolute atomic E-state index is 0.0136. The van der Waals surface area contributed by atoms with Gasteiger partial charge in [0.1, 0.15) is 11.6 Å². The summed E-state index contributed by atoms with van der Waals surface area (Å²) >= 11 is 0. The first-order valence-corrected chi connectivity index (χ1v) is 10.6. The number of hydrogen-bond donors (Lipinski definition) is 1. The van der Waals surface area contributed by atoms with Gasteiger partial charge in [-0.15, -0.1) is 0 Å². The van der Waals surface area contributed by atoms with Crippen LogP contribution in [0.1, 0.15) is 60.3 Å². The normalized spacial score (nSPS) is 16.6. The maximum atomic E-state index is 12.8. The van der Waals surface area contributed by atoms with E-state index in [0.717, 1.165) is 12.8 Å². The zero-order valence-electron chi connectivity index (χ0n) is 18.9. The minimum Gasteiger partial charge on any atom is -0.463 e. The molecule has 9 nitrogen and oxygen atoms in total. The van der Waals surface area contributed by atoms with Gasteiger partial charge in [-0.05, 0) is 59.8 Å². The van der Waals surface area contributed by atoms with Crippen LogP contribution in [0.15, 0.2) is 0 Å². The predicted octanol–water partition coefficient (Wildman–Crippen LogP) is 1.74. The zero-order valence-corrected chi connectivity index (χ0v) is 18.9. The van der Waals surface area contributed by atoms with E-state index in [0.29, 0.717) is 13.2 Å². The number of ether oxygens (including phenoxy) is 5. The Bertz CT molecular complexity index is 548. The van der Waals surface area contributed by atoms with Crippen LogP contribution in [-0.4, -0.2) is 68.2 Å². The van der Waals surface area contributed by atoms with E-state index in [1.165, 1.54) is 0 Å². The summed E-state index contributed by atoms with van der Waals surface area (Å²) in [7, 11) is 0. The van der Waals surface area contributed by atoms with Gasteiger partial charge >= 0.3 is 17.9 Å². The molecule has 30 heavy (non-hydrogen) atoms. The zero-order chi connectivity index (χ0) is 22.8. The van der Waals surface area contributed by atoms with Crippen molar-refractivity contribution in [3.05, 3.63) is 0 Å². The van der Waals surface area contributed by atoms with Gasteiger partial charge in [-0.2, -0.15) is 0 Å². The highest BCUT2D eigenvalue weighted by molar-refractivity contribution is 6.03. The lowest BCUT2D eigenvalue weighted by molar-refractivity contribution is -0.195. The highest BCUT2D eigenvalue weighted by Crippen LogP contribution is 2.27. The SMILES string of the molecule is CCOC(=O)C(CCC(N)C(=O)OC(C)(C)C)(OCC1CCOCC1)C(=O)OCC. The van der Waals surface area contributed by atoms with Gasteiger partial charge in [0.25, 0.3) is 5.60 Å². The van der Waals surface area contributed by atoms with E-state index in [-0.39, 0.29) is 38.6 Å². The topological polar surface area (TPSA) is 123 Å². The third-order valence-electron chi connectivity index (χ3n) is 4.63. The second-order valence-electron chi connectivity index (χ2n) is 8.31. The first kappa shape index (κ1) is 26.3. The smallest absolute Gasteiger partial charge is 0.350 e. The largest absolute Gasteiger partial charge is 0.463 e. The van der Waals surface area contributed by atoms with E-state index in [9.17, 15) is 14.4 Å². The Hall–Kier alpha value is -1.71. The molecule has 1 atom stereocenters. The fraction of sp³-hybridized carbons (Fsp3) is 0.857. The minimum atomic E-state index is -1.98. The summed E-state index contributed by atoms with van der Waals surface area (Å²) in [6.45, 7) is 9.98. The van der Waals surface area contributed by atoms with Gasteiger partial charge in [-0.1, -0.05) is 0 Å². The Morgan fingerprint density at radius 2 is 1.57 bits per heavy atom. The van der Waals surface area contributed by atoms with E-state index in [1.54, 1.807) is 34.6 Å².